The van der Waals surface area contributed by atoms with E-state index < -0.39 is 17.7 Å². The lowest BCUT2D eigenvalue weighted by Gasteiger charge is -2.16. The fraction of sp³-hybridized carbons (Fsp3) is 0.133. The summed E-state index contributed by atoms with van der Waals surface area (Å²) in [6, 6.07) is 12.0. The Morgan fingerprint density at radius 1 is 1.10 bits per heavy atom. The highest BCUT2D eigenvalue weighted by Crippen LogP contribution is 2.46. The Morgan fingerprint density at radius 2 is 1.85 bits per heavy atom. The second-order valence-electron chi connectivity index (χ2n) is 9.11. The average molecular weight is 574 g/mol. The Hall–Kier alpha value is -4.90. The number of fused-ring (bicyclic) bond motifs is 1. The molecule has 0 spiro atoms. The van der Waals surface area contributed by atoms with Crippen LogP contribution in [0, 0.1) is 11.6 Å². The number of hydrogen-bond donors (Lipinski definition) is 3. The molecule has 0 saturated carbocycles. The highest BCUT2D eigenvalue weighted by molar-refractivity contribution is 7.18. The van der Waals surface area contributed by atoms with Crippen molar-refractivity contribution in [2.75, 3.05) is 14.2 Å². The molecule has 0 aliphatic heterocycles. The summed E-state index contributed by atoms with van der Waals surface area (Å²) >= 11 is 1.37. The van der Waals surface area contributed by atoms with Gasteiger partial charge in [-0.15, -0.1) is 11.3 Å². The second kappa shape index (κ2) is 11.3. The minimum absolute atomic E-state index is 0.00491. The van der Waals surface area contributed by atoms with Gasteiger partial charge in [0.25, 0.3) is 5.91 Å². The number of carbonyl (C=O) groups is 2. The zero-order valence-corrected chi connectivity index (χ0v) is 23.2. The standard InChI is InChI=1S/C30H25F2N5O3S/c1-5-24(38)34-15(2)21-14-22(37-36-21)28-26(25-20(32)12-18(31)13-23(25)40-4)29-19(10-11-41-29)27(35-28)16-6-8-17(9-7-16)30(39)33-3/h5-15H,1H2,2-4H3,(H,33,39)(H,34,38)(H,36,37). The van der Waals surface area contributed by atoms with Gasteiger partial charge in [-0.1, -0.05) is 18.7 Å². The lowest BCUT2D eigenvalue weighted by Crippen LogP contribution is -2.24. The van der Waals surface area contributed by atoms with Crippen LogP contribution in [0.2, 0.25) is 0 Å². The molecule has 1 atom stereocenters. The molecule has 208 valence electrons. The van der Waals surface area contributed by atoms with Crippen LogP contribution in [0.25, 0.3) is 43.9 Å². The van der Waals surface area contributed by atoms with Crippen molar-refractivity contribution in [1.29, 1.82) is 0 Å². The van der Waals surface area contributed by atoms with Crippen LogP contribution in [0.5, 0.6) is 5.75 Å². The number of amides is 2. The number of methoxy groups -OCH3 is 1. The summed E-state index contributed by atoms with van der Waals surface area (Å²) in [5, 5.41) is 15.3. The topological polar surface area (TPSA) is 109 Å². The second-order valence-corrected chi connectivity index (χ2v) is 10.0. The van der Waals surface area contributed by atoms with Crippen molar-refractivity contribution in [2.24, 2.45) is 0 Å². The zero-order chi connectivity index (χ0) is 29.3. The van der Waals surface area contributed by atoms with E-state index in [-0.39, 0.29) is 23.1 Å². The Balaban J connectivity index is 1.78. The van der Waals surface area contributed by atoms with E-state index in [0.29, 0.717) is 38.6 Å². The summed E-state index contributed by atoms with van der Waals surface area (Å²) in [5.74, 6) is -2.16. The fourth-order valence-electron chi connectivity index (χ4n) is 4.57. The van der Waals surface area contributed by atoms with Gasteiger partial charge in [-0.25, -0.2) is 13.8 Å². The molecular weight excluding hydrogens is 548 g/mol. The molecule has 0 fully saturated rings. The molecule has 11 heteroatoms. The van der Waals surface area contributed by atoms with Gasteiger partial charge in [0.15, 0.2) is 0 Å². The molecule has 8 nitrogen and oxygen atoms in total. The Morgan fingerprint density at radius 3 is 2.54 bits per heavy atom. The summed E-state index contributed by atoms with van der Waals surface area (Å²) in [6.07, 6.45) is 1.17. The lowest BCUT2D eigenvalue weighted by atomic mass is 9.96. The number of nitrogens with one attached hydrogen (secondary N) is 3. The van der Waals surface area contributed by atoms with E-state index in [1.807, 2.05) is 11.4 Å². The van der Waals surface area contributed by atoms with Gasteiger partial charge in [-0.05, 0) is 42.6 Å². The first-order chi connectivity index (χ1) is 19.7. The number of pyridine rings is 1. The summed E-state index contributed by atoms with van der Waals surface area (Å²) in [7, 11) is 2.90. The molecule has 3 N–H and O–H groups in total. The molecule has 0 saturated heterocycles. The normalized spacial score (nSPS) is 11.7. The SMILES string of the molecule is C=CC(=O)NC(C)c1cc(-c2nc(-c3ccc(C(=O)NC)cc3)c3ccsc3c2-c2c(F)cc(F)cc2OC)n[nH]1. The smallest absolute Gasteiger partial charge is 0.251 e. The molecule has 2 aromatic carbocycles. The molecule has 2 amide bonds. The van der Waals surface area contributed by atoms with E-state index >= 15 is 4.39 Å². The van der Waals surface area contributed by atoms with Crippen molar-refractivity contribution in [3.8, 4) is 39.5 Å². The van der Waals surface area contributed by atoms with E-state index in [1.165, 1.54) is 24.5 Å². The number of benzene rings is 2. The maximum Gasteiger partial charge on any atom is 0.251 e. The molecular formula is C30H25F2N5O3S. The molecule has 0 aliphatic carbocycles. The largest absolute Gasteiger partial charge is 0.496 e. The van der Waals surface area contributed by atoms with Crippen LogP contribution in [0.3, 0.4) is 0 Å². The molecule has 3 aromatic heterocycles. The van der Waals surface area contributed by atoms with Crippen molar-refractivity contribution >= 4 is 33.2 Å². The zero-order valence-electron chi connectivity index (χ0n) is 22.3. The van der Waals surface area contributed by atoms with Crippen LogP contribution in [-0.2, 0) is 4.79 Å². The van der Waals surface area contributed by atoms with E-state index in [2.05, 4.69) is 27.4 Å². The highest BCUT2D eigenvalue weighted by atomic mass is 32.1. The maximum absolute atomic E-state index is 15.5. The molecule has 0 bridgehead atoms. The Labute approximate surface area is 238 Å². The third-order valence-electron chi connectivity index (χ3n) is 6.60. The number of thiophene rings is 1. The Kier molecular flexibility index (Phi) is 7.62. The number of halogens is 2. The average Bonchev–Trinajstić information content (AvgIpc) is 3.67. The first kappa shape index (κ1) is 27.7. The van der Waals surface area contributed by atoms with Crippen molar-refractivity contribution in [2.45, 2.75) is 13.0 Å². The van der Waals surface area contributed by atoms with Gasteiger partial charge in [0.05, 0.1) is 30.1 Å². The van der Waals surface area contributed by atoms with Crippen LogP contribution in [-0.4, -0.2) is 41.2 Å². The van der Waals surface area contributed by atoms with Gasteiger partial charge in [0.1, 0.15) is 28.8 Å². The number of hydrogen-bond acceptors (Lipinski definition) is 6. The first-order valence-corrected chi connectivity index (χ1v) is 13.4. The third kappa shape index (κ3) is 5.19. The summed E-state index contributed by atoms with van der Waals surface area (Å²) in [5.41, 5.74) is 3.50. The summed E-state index contributed by atoms with van der Waals surface area (Å²) in [4.78, 5) is 28.9. The van der Waals surface area contributed by atoms with Gasteiger partial charge < -0.3 is 15.4 Å². The van der Waals surface area contributed by atoms with E-state index in [9.17, 15) is 14.0 Å². The van der Waals surface area contributed by atoms with Gasteiger partial charge in [-0.3, -0.25) is 14.7 Å². The van der Waals surface area contributed by atoms with Crippen molar-refractivity contribution < 1.29 is 23.1 Å². The van der Waals surface area contributed by atoms with Crippen LogP contribution in [0.1, 0.15) is 29.0 Å². The van der Waals surface area contributed by atoms with Crippen molar-refractivity contribution in [3.05, 3.63) is 89.5 Å². The number of rotatable bonds is 8. The van der Waals surface area contributed by atoms with Crippen molar-refractivity contribution in [1.82, 2.24) is 25.8 Å². The highest BCUT2D eigenvalue weighted by Gasteiger charge is 2.26. The molecule has 0 aliphatic rings. The predicted octanol–water partition coefficient (Wildman–Crippen LogP) is 6.03. The molecule has 5 rings (SSSR count). The molecule has 3 heterocycles. The maximum atomic E-state index is 15.5. The van der Waals surface area contributed by atoms with Crippen LogP contribution < -0.4 is 15.4 Å². The van der Waals surface area contributed by atoms with Crippen LogP contribution >= 0.6 is 11.3 Å². The van der Waals surface area contributed by atoms with Crippen molar-refractivity contribution in [3.63, 3.8) is 0 Å². The molecule has 1 unspecified atom stereocenters. The quantitative estimate of drug-likeness (QED) is 0.197. The van der Waals surface area contributed by atoms with Crippen LogP contribution in [0.4, 0.5) is 8.78 Å². The minimum Gasteiger partial charge on any atom is -0.496 e. The third-order valence-corrected chi connectivity index (χ3v) is 7.53. The van der Waals surface area contributed by atoms with E-state index in [1.54, 1.807) is 44.3 Å². The number of H-pyrrole nitrogens is 1. The van der Waals surface area contributed by atoms with Gasteiger partial charge in [0, 0.05) is 46.0 Å². The number of ether oxygens (including phenoxy) is 1. The minimum atomic E-state index is -0.815. The monoisotopic (exact) mass is 573 g/mol. The number of carbonyl (C=O) groups excluding carboxylic acids is 2. The van der Waals surface area contributed by atoms with E-state index in [0.717, 1.165) is 23.1 Å². The van der Waals surface area contributed by atoms with E-state index in [4.69, 9.17) is 9.72 Å². The predicted molar refractivity (Wildman–Crippen MR) is 155 cm³/mol. The summed E-state index contributed by atoms with van der Waals surface area (Å²) in [6.45, 7) is 5.25. The molecule has 5 aromatic rings. The summed E-state index contributed by atoms with van der Waals surface area (Å²) < 4.78 is 35.8. The lowest BCUT2D eigenvalue weighted by molar-refractivity contribution is -0.117. The number of nitrogens with zero attached hydrogens (tertiary/aromatic N) is 2. The molecule has 0 radical (unpaired) electrons. The van der Waals surface area contributed by atoms with Crippen LogP contribution in [0.15, 0.2) is 66.6 Å². The van der Waals surface area contributed by atoms with Gasteiger partial charge >= 0.3 is 0 Å². The number of aromatic amines is 1. The first-order valence-electron chi connectivity index (χ1n) is 12.5. The fourth-order valence-corrected chi connectivity index (χ4v) is 5.52. The van der Waals surface area contributed by atoms with Gasteiger partial charge in [-0.2, -0.15) is 5.10 Å². The number of aromatic nitrogens is 3. The molecule has 41 heavy (non-hydrogen) atoms. The Bertz CT molecular complexity index is 1800. The van der Waals surface area contributed by atoms with Gasteiger partial charge in [0.2, 0.25) is 5.91 Å².